The molecule has 1 aromatic rings. The van der Waals surface area contributed by atoms with Crippen molar-refractivity contribution in [1.82, 2.24) is 4.90 Å². The number of carbonyl (C=O) groups excluding carboxylic acids is 2. The quantitative estimate of drug-likeness (QED) is 0.509. The highest BCUT2D eigenvalue weighted by Gasteiger charge is 2.34. The molecule has 0 saturated carbocycles. The molecule has 0 aromatic heterocycles. The summed E-state index contributed by atoms with van der Waals surface area (Å²) in [5.41, 5.74) is 0.782. The number of benzene rings is 1. The van der Waals surface area contributed by atoms with E-state index in [9.17, 15) is 9.59 Å². The average molecular weight is 361 g/mol. The molecule has 1 aliphatic rings. The first-order valence-corrected chi connectivity index (χ1v) is 9.03. The molecule has 0 spiro atoms. The van der Waals surface area contributed by atoms with Gasteiger partial charge in [-0.15, -0.1) is 6.58 Å². The van der Waals surface area contributed by atoms with Gasteiger partial charge in [-0.2, -0.15) is 0 Å². The number of carbonyl (C=O) groups is 2. The second kappa shape index (κ2) is 8.76. The molecule has 2 amide bonds. The zero-order valence-corrected chi connectivity index (χ0v) is 15.6. The summed E-state index contributed by atoms with van der Waals surface area (Å²) in [5.74, 6) is 1.41. The molecule has 25 heavy (non-hydrogen) atoms. The lowest BCUT2D eigenvalue weighted by Gasteiger charge is -2.14. The van der Waals surface area contributed by atoms with Crippen LogP contribution >= 0.6 is 11.8 Å². The van der Waals surface area contributed by atoms with Crippen molar-refractivity contribution >= 4 is 29.0 Å². The Bertz CT molecular complexity index is 697. The fraction of sp³-hybridized carbons (Fsp3) is 0.368. The van der Waals surface area contributed by atoms with E-state index in [1.54, 1.807) is 6.08 Å². The maximum Gasteiger partial charge on any atom is 0.293 e. The van der Waals surface area contributed by atoms with E-state index in [-0.39, 0.29) is 17.7 Å². The fourth-order valence-electron chi connectivity index (χ4n) is 2.20. The third-order valence-corrected chi connectivity index (χ3v) is 4.23. The minimum atomic E-state index is -0.298. The Hall–Kier alpha value is -2.21. The summed E-state index contributed by atoms with van der Waals surface area (Å²) < 4.78 is 11.4. The van der Waals surface area contributed by atoms with Crippen LogP contribution in [0.1, 0.15) is 26.3 Å². The summed E-state index contributed by atoms with van der Waals surface area (Å²) in [6.45, 7) is 11.0. The largest absolute Gasteiger partial charge is 0.490 e. The van der Waals surface area contributed by atoms with E-state index >= 15 is 0 Å². The Balaban J connectivity index is 2.24. The van der Waals surface area contributed by atoms with E-state index in [2.05, 4.69) is 20.4 Å². The number of thioether (sulfide) groups is 1. The summed E-state index contributed by atoms with van der Waals surface area (Å²) in [5, 5.41) is -0.280. The fourth-order valence-corrected chi connectivity index (χ4v) is 3.04. The van der Waals surface area contributed by atoms with Crippen LogP contribution in [-0.2, 0) is 4.79 Å². The summed E-state index contributed by atoms with van der Waals surface area (Å²) >= 11 is 0.933. The van der Waals surface area contributed by atoms with Gasteiger partial charge in [0.05, 0.1) is 18.1 Å². The molecule has 1 heterocycles. The van der Waals surface area contributed by atoms with Crippen molar-refractivity contribution in [3.63, 3.8) is 0 Å². The number of nitrogens with zero attached hydrogens (tertiary/aromatic N) is 1. The Morgan fingerprint density at radius 3 is 2.64 bits per heavy atom. The highest BCUT2D eigenvalue weighted by Crippen LogP contribution is 2.34. The molecular formula is C19H23NO4S. The lowest BCUT2D eigenvalue weighted by molar-refractivity contribution is -0.122. The second-order valence-corrected chi connectivity index (χ2v) is 6.92. The highest BCUT2D eigenvalue weighted by molar-refractivity contribution is 8.18. The van der Waals surface area contributed by atoms with Crippen LogP contribution in [0.5, 0.6) is 11.5 Å². The first-order chi connectivity index (χ1) is 12.0. The van der Waals surface area contributed by atoms with Crippen molar-refractivity contribution in [3.8, 4) is 11.5 Å². The molecule has 0 bridgehead atoms. The normalized spacial score (nSPS) is 16.0. The molecule has 1 saturated heterocycles. The molecule has 1 aromatic carbocycles. The molecular weight excluding hydrogens is 338 g/mol. The van der Waals surface area contributed by atoms with Crippen LogP contribution < -0.4 is 9.47 Å². The van der Waals surface area contributed by atoms with Gasteiger partial charge in [0.2, 0.25) is 0 Å². The Morgan fingerprint density at radius 2 is 2.00 bits per heavy atom. The number of rotatable bonds is 8. The third kappa shape index (κ3) is 4.89. The van der Waals surface area contributed by atoms with Gasteiger partial charge in [0, 0.05) is 6.54 Å². The van der Waals surface area contributed by atoms with Crippen molar-refractivity contribution in [1.29, 1.82) is 0 Å². The van der Waals surface area contributed by atoms with Crippen LogP contribution in [0.4, 0.5) is 4.79 Å². The first kappa shape index (κ1) is 19.1. The summed E-state index contributed by atoms with van der Waals surface area (Å²) in [6, 6.07) is 5.49. The van der Waals surface area contributed by atoms with Crippen LogP contribution in [0, 0.1) is 5.92 Å². The van der Waals surface area contributed by atoms with Gasteiger partial charge in [0.25, 0.3) is 11.1 Å². The second-order valence-electron chi connectivity index (χ2n) is 5.93. The van der Waals surface area contributed by atoms with Gasteiger partial charge in [-0.05, 0) is 48.4 Å². The van der Waals surface area contributed by atoms with Crippen molar-refractivity contribution in [2.45, 2.75) is 20.8 Å². The molecule has 0 unspecified atom stereocenters. The highest BCUT2D eigenvalue weighted by atomic mass is 32.2. The molecule has 1 aliphatic heterocycles. The topological polar surface area (TPSA) is 55.8 Å². The van der Waals surface area contributed by atoms with Crippen LogP contribution in [0.3, 0.4) is 0 Å². The summed E-state index contributed by atoms with van der Waals surface area (Å²) in [7, 11) is 0. The lowest BCUT2D eigenvalue weighted by atomic mass is 10.1. The smallest absolute Gasteiger partial charge is 0.293 e. The predicted octanol–water partition coefficient (Wildman–Crippen LogP) is 4.34. The molecule has 0 atom stereocenters. The number of hydrogen-bond acceptors (Lipinski definition) is 5. The molecule has 2 rings (SSSR count). The standard InChI is InChI=1S/C19H23NO4S/c1-5-9-20-18(21)17(25-19(20)22)11-14-7-8-15(24-12-13(3)4)16(10-14)23-6-2/h5,7-8,10-11,13H,1,6,9,12H2,2-4H3/b17-11-. The first-order valence-electron chi connectivity index (χ1n) is 8.22. The molecule has 0 radical (unpaired) electrons. The predicted molar refractivity (Wildman–Crippen MR) is 101 cm³/mol. The molecule has 6 heteroatoms. The van der Waals surface area contributed by atoms with Crippen LogP contribution in [0.15, 0.2) is 35.8 Å². The van der Waals surface area contributed by atoms with Gasteiger partial charge < -0.3 is 9.47 Å². The van der Waals surface area contributed by atoms with Crippen molar-refractivity contribution in [2.75, 3.05) is 19.8 Å². The van der Waals surface area contributed by atoms with E-state index < -0.39 is 0 Å². The van der Waals surface area contributed by atoms with Crippen LogP contribution in [-0.4, -0.2) is 35.8 Å². The van der Waals surface area contributed by atoms with E-state index in [1.165, 1.54) is 11.0 Å². The summed E-state index contributed by atoms with van der Waals surface area (Å²) in [6.07, 6.45) is 3.23. The van der Waals surface area contributed by atoms with E-state index in [4.69, 9.17) is 9.47 Å². The van der Waals surface area contributed by atoms with Gasteiger partial charge in [-0.1, -0.05) is 26.0 Å². The maximum atomic E-state index is 12.3. The zero-order valence-electron chi connectivity index (χ0n) is 14.8. The average Bonchev–Trinajstić information content (AvgIpc) is 2.82. The molecule has 134 valence electrons. The van der Waals surface area contributed by atoms with Gasteiger partial charge in [0.1, 0.15) is 0 Å². The van der Waals surface area contributed by atoms with Crippen LogP contribution in [0.2, 0.25) is 0 Å². The Kier molecular flexibility index (Phi) is 6.70. The summed E-state index contributed by atoms with van der Waals surface area (Å²) in [4.78, 5) is 25.7. The number of ether oxygens (including phenoxy) is 2. The Morgan fingerprint density at radius 1 is 1.24 bits per heavy atom. The zero-order chi connectivity index (χ0) is 18.4. The van der Waals surface area contributed by atoms with Gasteiger partial charge >= 0.3 is 0 Å². The SMILES string of the molecule is C=CCN1C(=O)S/C(=C\c2ccc(OCC(C)C)c(OCC)c2)C1=O. The van der Waals surface area contributed by atoms with Crippen molar-refractivity contribution < 1.29 is 19.1 Å². The van der Waals surface area contributed by atoms with Gasteiger partial charge in [-0.25, -0.2) is 0 Å². The molecule has 0 aliphatic carbocycles. The minimum Gasteiger partial charge on any atom is -0.490 e. The van der Waals surface area contributed by atoms with Gasteiger partial charge in [0.15, 0.2) is 11.5 Å². The van der Waals surface area contributed by atoms with E-state index in [1.807, 2.05) is 25.1 Å². The monoisotopic (exact) mass is 361 g/mol. The number of amides is 2. The van der Waals surface area contributed by atoms with Gasteiger partial charge in [-0.3, -0.25) is 14.5 Å². The molecule has 5 nitrogen and oxygen atoms in total. The Labute approximate surface area is 152 Å². The van der Waals surface area contributed by atoms with E-state index in [0.717, 1.165) is 17.3 Å². The van der Waals surface area contributed by atoms with Crippen molar-refractivity contribution in [2.24, 2.45) is 5.92 Å². The van der Waals surface area contributed by atoms with Crippen molar-refractivity contribution in [3.05, 3.63) is 41.3 Å². The molecule has 0 N–H and O–H groups in total. The molecule has 1 fully saturated rings. The lowest BCUT2D eigenvalue weighted by Crippen LogP contribution is -2.27. The number of imide groups is 1. The maximum absolute atomic E-state index is 12.3. The van der Waals surface area contributed by atoms with E-state index in [0.29, 0.717) is 35.5 Å². The van der Waals surface area contributed by atoms with Crippen LogP contribution in [0.25, 0.3) is 6.08 Å². The number of hydrogen-bond donors (Lipinski definition) is 0. The minimum absolute atomic E-state index is 0.216. The third-order valence-electron chi connectivity index (χ3n) is 3.32.